The number of nitrogens with zero attached hydrogens (tertiary/aromatic N) is 1. The fraction of sp³-hybridized carbons (Fsp3) is 0.619. The molecule has 1 heterocycles. The number of piperidine rings is 1. The molecule has 1 aliphatic carbocycles. The molecule has 154 valence electrons. The van der Waals surface area contributed by atoms with E-state index in [0.717, 1.165) is 37.1 Å². The van der Waals surface area contributed by atoms with Crippen molar-refractivity contribution >= 4 is 23.5 Å². The molecule has 3 rings (SSSR count). The number of anilines is 2. The summed E-state index contributed by atoms with van der Waals surface area (Å²) in [6.45, 7) is 3.65. The van der Waals surface area contributed by atoms with Crippen LogP contribution in [-0.2, 0) is 4.74 Å². The van der Waals surface area contributed by atoms with E-state index in [1.807, 2.05) is 31.2 Å². The largest absolute Gasteiger partial charge is 0.450 e. The number of hydrogen-bond acceptors (Lipinski definition) is 4. The van der Waals surface area contributed by atoms with E-state index < -0.39 is 0 Å². The number of urea groups is 1. The van der Waals surface area contributed by atoms with Crippen LogP contribution in [0.3, 0.4) is 0 Å². The zero-order valence-corrected chi connectivity index (χ0v) is 16.7. The van der Waals surface area contributed by atoms with Gasteiger partial charge in [-0.3, -0.25) is 0 Å². The van der Waals surface area contributed by atoms with Crippen LogP contribution in [0.2, 0.25) is 0 Å². The van der Waals surface area contributed by atoms with Crippen molar-refractivity contribution in [2.45, 2.75) is 64.0 Å². The van der Waals surface area contributed by atoms with Gasteiger partial charge in [-0.25, -0.2) is 9.59 Å². The van der Waals surface area contributed by atoms with E-state index in [4.69, 9.17) is 4.74 Å². The second-order valence-corrected chi connectivity index (χ2v) is 7.62. The van der Waals surface area contributed by atoms with Gasteiger partial charge in [0.2, 0.25) is 0 Å². The highest BCUT2D eigenvalue weighted by Crippen LogP contribution is 2.20. The van der Waals surface area contributed by atoms with Gasteiger partial charge >= 0.3 is 12.1 Å². The fourth-order valence-corrected chi connectivity index (χ4v) is 3.91. The number of benzene rings is 1. The summed E-state index contributed by atoms with van der Waals surface area (Å²) in [6, 6.07) is 8.29. The van der Waals surface area contributed by atoms with Gasteiger partial charge in [0, 0.05) is 36.5 Å². The van der Waals surface area contributed by atoms with E-state index in [0.29, 0.717) is 31.8 Å². The van der Waals surface area contributed by atoms with Gasteiger partial charge in [-0.05, 0) is 56.9 Å². The molecule has 1 aromatic rings. The Morgan fingerprint density at radius 3 is 2.25 bits per heavy atom. The predicted molar refractivity (Wildman–Crippen MR) is 111 cm³/mol. The Morgan fingerprint density at radius 1 is 0.964 bits per heavy atom. The Kier molecular flexibility index (Phi) is 7.39. The SMILES string of the molecule is CCOC(=O)N1CCC(Nc2ccc(NC(=O)NC3CCCCC3)cc2)CC1. The fourth-order valence-electron chi connectivity index (χ4n) is 3.91. The van der Waals surface area contributed by atoms with Crippen LogP contribution < -0.4 is 16.0 Å². The van der Waals surface area contributed by atoms with Crippen molar-refractivity contribution < 1.29 is 14.3 Å². The molecule has 7 heteroatoms. The summed E-state index contributed by atoms with van der Waals surface area (Å²) in [5, 5.41) is 9.49. The molecule has 0 aromatic heterocycles. The summed E-state index contributed by atoms with van der Waals surface area (Å²) < 4.78 is 5.05. The van der Waals surface area contributed by atoms with Crippen molar-refractivity contribution in [3.63, 3.8) is 0 Å². The summed E-state index contributed by atoms with van der Waals surface area (Å²) in [5.41, 5.74) is 1.81. The summed E-state index contributed by atoms with van der Waals surface area (Å²) in [6.07, 6.45) is 7.38. The van der Waals surface area contributed by atoms with E-state index in [1.54, 1.807) is 4.90 Å². The van der Waals surface area contributed by atoms with Crippen molar-refractivity contribution in [1.29, 1.82) is 0 Å². The normalized spacial score (nSPS) is 18.4. The molecular formula is C21H32N4O3. The van der Waals surface area contributed by atoms with Gasteiger partial charge < -0.3 is 25.6 Å². The molecule has 1 saturated carbocycles. The smallest absolute Gasteiger partial charge is 0.409 e. The lowest BCUT2D eigenvalue weighted by molar-refractivity contribution is 0.0983. The van der Waals surface area contributed by atoms with Crippen LogP contribution >= 0.6 is 0 Å². The molecule has 0 unspecified atom stereocenters. The van der Waals surface area contributed by atoms with Gasteiger partial charge in [-0.15, -0.1) is 0 Å². The van der Waals surface area contributed by atoms with Crippen LogP contribution in [0.4, 0.5) is 21.0 Å². The second-order valence-electron chi connectivity index (χ2n) is 7.62. The Balaban J connectivity index is 1.41. The molecule has 3 N–H and O–H groups in total. The van der Waals surface area contributed by atoms with Gasteiger partial charge in [-0.1, -0.05) is 19.3 Å². The summed E-state index contributed by atoms with van der Waals surface area (Å²) >= 11 is 0. The quantitative estimate of drug-likeness (QED) is 0.707. The number of ether oxygens (including phenoxy) is 1. The molecule has 1 aliphatic heterocycles. The predicted octanol–water partition coefficient (Wildman–Crippen LogP) is 4.17. The summed E-state index contributed by atoms with van der Waals surface area (Å²) in [5.74, 6) is 0. The monoisotopic (exact) mass is 388 g/mol. The second kappa shape index (κ2) is 10.2. The van der Waals surface area contributed by atoms with Crippen LogP contribution in [0.5, 0.6) is 0 Å². The number of amides is 3. The van der Waals surface area contributed by atoms with Crippen LogP contribution in [-0.4, -0.2) is 48.8 Å². The Hall–Kier alpha value is -2.44. The van der Waals surface area contributed by atoms with E-state index in [9.17, 15) is 9.59 Å². The zero-order chi connectivity index (χ0) is 19.8. The Labute approximate surface area is 167 Å². The van der Waals surface area contributed by atoms with Gasteiger partial charge in [0.1, 0.15) is 0 Å². The Bertz CT molecular complexity index is 636. The first-order chi connectivity index (χ1) is 13.6. The third-order valence-electron chi connectivity index (χ3n) is 5.47. The summed E-state index contributed by atoms with van der Waals surface area (Å²) in [7, 11) is 0. The molecule has 2 aliphatic rings. The highest BCUT2D eigenvalue weighted by Gasteiger charge is 2.23. The maximum Gasteiger partial charge on any atom is 0.409 e. The van der Waals surface area contributed by atoms with E-state index in [-0.39, 0.29) is 12.1 Å². The molecule has 0 radical (unpaired) electrons. The minimum Gasteiger partial charge on any atom is -0.450 e. The molecule has 2 fully saturated rings. The average Bonchev–Trinajstić information content (AvgIpc) is 2.71. The molecular weight excluding hydrogens is 356 g/mol. The number of carbonyl (C=O) groups excluding carboxylic acids is 2. The van der Waals surface area contributed by atoms with Crippen LogP contribution in [0.15, 0.2) is 24.3 Å². The molecule has 7 nitrogen and oxygen atoms in total. The average molecular weight is 389 g/mol. The third-order valence-corrected chi connectivity index (χ3v) is 5.47. The molecule has 0 bridgehead atoms. The lowest BCUT2D eigenvalue weighted by Gasteiger charge is -2.32. The van der Waals surface area contributed by atoms with Crippen molar-refractivity contribution in [3.05, 3.63) is 24.3 Å². The number of rotatable bonds is 5. The Morgan fingerprint density at radius 2 is 1.61 bits per heavy atom. The van der Waals surface area contributed by atoms with E-state index in [2.05, 4.69) is 16.0 Å². The topological polar surface area (TPSA) is 82.7 Å². The maximum atomic E-state index is 12.1. The van der Waals surface area contributed by atoms with Crippen LogP contribution in [0, 0.1) is 0 Å². The van der Waals surface area contributed by atoms with Crippen molar-refractivity contribution in [1.82, 2.24) is 10.2 Å². The first kappa shape index (κ1) is 20.3. The first-order valence-corrected chi connectivity index (χ1v) is 10.5. The van der Waals surface area contributed by atoms with E-state index >= 15 is 0 Å². The van der Waals surface area contributed by atoms with Crippen molar-refractivity contribution in [3.8, 4) is 0 Å². The van der Waals surface area contributed by atoms with Gasteiger partial charge in [-0.2, -0.15) is 0 Å². The minimum atomic E-state index is -0.220. The number of nitrogens with one attached hydrogen (secondary N) is 3. The maximum absolute atomic E-state index is 12.1. The first-order valence-electron chi connectivity index (χ1n) is 10.5. The van der Waals surface area contributed by atoms with Crippen molar-refractivity contribution in [2.24, 2.45) is 0 Å². The molecule has 28 heavy (non-hydrogen) atoms. The lowest BCUT2D eigenvalue weighted by atomic mass is 9.96. The highest BCUT2D eigenvalue weighted by molar-refractivity contribution is 5.89. The molecule has 1 aromatic carbocycles. The minimum absolute atomic E-state index is 0.126. The standard InChI is InChI=1S/C21H32N4O3/c1-2-28-21(27)25-14-12-19(13-15-25)22-17-8-10-18(11-9-17)24-20(26)23-16-6-4-3-5-7-16/h8-11,16,19,22H,2-7,12-15H2,1H3,(H2,23,24,26). The lowest BCUT2D eigenvalue weighted by Crippen LogP contribution is -2.42. The molecule has 0 atom stereocenters. The number of likely N-dealkylation sites (tertiary alicyclic amines) is 1. The third kappa shape index (κ3) is 6.04. The van der Waals surface area contributed by atoms with Gasteiger partial charge in [0.15, 0.2) is 0 Å². The van der Waals surface area contributed by atoms with Crippen molar-refractivity contribution in [2.75, 3.05) is 30.3 Å². The van der Waals surface area contributed by atoms with Crippen LogP contribution in [0.25, 0.3) is 0 Å². The number of carbonyl (C=O) groups is 2. The number of hydrogen-bond donors (Lipinski definition) is 3. The molecule has 1 saturated heterocycles. The zero-order valence-electron chi connectivity index (χ0n) is 16.7. The van der Waals surface area contributed by atoms with E-state index in [1.165, 1.54) is 19.3 Å². The van der Waals surface area contributed by atoms with Crippen LogP contribution in [0.1, 0.15) is 51.9 Å². The van der Waals surface area contributed by atoms with Gasteiger partial charge in [0.25, 0.3) is 0 Å². The van der Waals surface area contributed by atoms with Gasteiger partial charge in [0.05, 0.1) is 6.61 Å². The summed E-state index contributed by atoms with van der Waals surface area (Å²) in [4.78, 5) is 25.7. The molecule has 0 spiro atoms. The molecule has 3 amide bonds. The highest BCUT2D eigenvalue weighted by atomic mass is 16.6.